The Bertz CT molecular complexity index is 422. The molecular weight excluding hydrogens is 258 g/mol. The van der Waals surface area contributed by atoms with Crippen LogP contribution in [0.25, 0.3) is 0 Å². The summed E-state index contributed by atoms with van der Waals surface area (Å²) in [5, 5.41) is 0. The van der Waals surface area contributed by atoms with Crippen LogP contribution in [0.4, 0.5) is 0 Å². The third-order valence-electron chi connectivity index (χ3n) is 3.12. The number of hydrogen-bond donors (Lipinski definition) is 0. The number of ether oxygens (including phenoxy) is 2. The van der Waals surface area contributed by atoms with Crippen molar-refractivity contribution in [3.05, 3.63) is 29.8 Å². The van der Waals surface area contributed by atoms with Gasteiger partial charge in [0.15, 0.2) is 0 Å². The molecule has 1 saturated heterocycles. The van der Waals surface area contributed by atoms with E-state index in [0.29, 0.717) is 6.61 Å². The fraction of sp³-hybridized carbons (Fsp3) is 0.533. The second-order valence-electron chi connectivity index (χ2n) is 4.92. The van der Waals surface area contributed by atoms with Gasteiger partial charge in [0.2, 0.25) is 0 Å². The third-order valence-corrected chi connectivity index (χ3v) is 3.61. The van der Waals surface area contributed by atoms with Crippen molar-refractivity contribution in [2.24, 2.45) is 0 Å². The zero-order chi connectivity index (χ0) is 13.8. The van der Waals surface area contributed by atoms with Crippen LogP contribution in [0.5, 0.6) is 5.75 Å². The van der Waals surface area contributed by atoms with Gasteiger partial charge in [-0.2, -0.15) is 0 Å². The van der Waals surface area contributed by atoms with Gasteiger partial charge < -0.3 is 14.4 Å². The van der Waals surface area contributed by atoms with Gasteiger partial charge in [0.25, 0.3) is 0 Å². The van der Waals surface area contributed by atoms with E-state index in [4.69, 9.17) is 21.7 Å². The van der Waals surface area contributed by atoms with E-state index in [0.717, 1.165) is 29.4 Å². The summed E-state index contributed by atoms with van der Waals surface area (Å²) in [6.45, 7) is 8.55. The maximum absolute atomic E-state index is 5.73. The van der Waals surface area contributed by atoms with E-state index in [-0.39, 0.29) is 12.2 Å². The Morgan fingerprint density at radius 2 is 1.84 bits per heavy atom. The van der Waals surface area contributed by atoms with Gasteiger partial charge in [-0.15, -0.1) is 0 Å². The lowest BCUT2D eigenvalue weighted by Crippen LogP contribution is -2.47. The van der Waals surface area contributed by atoms with Gasteiger partial charge in [-0.3, -0.25) is 0 Å². The largest absolute Gasteiger partial charge is 0.494 e. The second-order valence-corrected chi connectivity index (χ2v) is 5.31. The molecule has 1 fully saturated rings. The SMILES string of the molecule is CCOc1ccc(C(=S)N2C[C@@H](C)O[C@@H](C)C2)cc1. The van der Waals surface area contributed by atoms with Crippen molar-refractivity contribution in [2.45, 2.75) is 33.0 Å². The Hall–Kier alpha value is -1.13. The first kappa shape index (κ1) is 14.3. The zero-order valence-corrected chi connectivity index (χ0v) is 12.6. The molecule has 3 nitrogen and oxygen atoms in total. The van der Waals surface area contributed by atoms with Crippen LogP contribution in [0, 0.1) is 0 Å². The molecule has 1 aliphatic heterocycles. The molecule has 19 heavy (non-hydrogen) atoms. The molecule has 1 heterocycles. The zero-order valence-electron chi connectivity index (χ0n) is 11.8. The molecule has 0 bridgehead atoms. The first-order chi connectivity index (χ1) is 9.10. The average molecular weight is 279 g/mol. The Morgan fingerprint density at radius 3 is 2.37 bits per heavy atom. The van der Waals surface area contributed by atoms with Gasteiger partial charge in [0, 0.05) is 18.7 Å². The maximum atomic E-state index is 5.73. The molecule has 0 aromatic heterocycles. The Balaban J connectivity index is 2.06. The Labute approximate surface area is 120 Å². The van der Waals surface area contributed by atoms with E-state index in [9.17, 15) is 0 Å². The van der Waals surface area contributed by atoms with Crippen molar-refractivity contribution in [3.63, 3.8) is 0 Å². The predicted molar refractivity (Wildman–Crippen MR) is 80.9 cm³/mol. The lowest BCUT2D eigenvalue weighted by Gasteiger charge is -2.37. The lowest BCUT2D eigenvalue weighted by molar-refractivity contribution is -0.0472. The molecule has 0 amide bonds. The fourth-order valence-corrected chi connectivity index (χ4v) is 2.67. The van der Waals surface area contributed by atoms with E-state index in [1.807, 2.05) is 31.2 Å². The highest BCUT2D eigenvalue weighted by Gasteiger charge is 2.24. The Kier molecular flexibility index (Phi) is 4.77. The van der Waals surface area contributed by atoms with Crippen molar-refractivity contribution >= 4 is 17.2 Å². The van der Waals surface area contributed by atoms with Gasteiger partial charge >= 0.3 is 0 Å². The number of morpholine rings is 1. The molecule has 1 aliphatic rings. The summed E-state index contributed by atoms with van der Waals surface area (Å²) in [7, 11) is 0. The molecule has 104 valence electrons. The number of nitrogens with zero attached hydrogens (tertiary/aromatic N) is 1. The Morgan fingerprint density at radius 1 is 1.26 bits per heavy atom. The molecule has 0 unspecified atom stereocenters. The minimum absolute atomic E-state index is 0.226. The van der Waals surface area contributed by atoms with Gasteiger partial charge in [-0.05, 0) is 45.0 Å². The van der Waals surface area contributed by atoms with Crippen LogP contribution in [-0.4, -0.2) is 41.8 Å². The first-order valence-electron chi connectivity index (χ1n) is 6.77. The lowest BCUT2D eigenvalue weighted by atomic mass is 10.1. The summed E-state index contributed by atoms with van der Waals surface area (Å²) >= 11 is 5.58. The number of benzene rings is 1. The number of rotatable bonds is 3. The fourth-order valence-electron chi connectivity index (χ4n) is 2.39. The molecule has 1 aromatic rings. The van der Waals surface area contributed by atoms with Gasteiger partial charge in [-0.25, -0.2) is 0 Å². The molecule has 0 radical (unpaired) electrons. The van der Waals surface area contributed by atoms with E-state index in [1.165, 1.54) is 0 Å². The molecular formula is C15H21NO2S. The van der Waals surface area contributed by atoms with E-state index >= 15 is 0 Å². The van der Waals surface area contributed by atoms with Crippen LogP contribution < -0.4 is 4.74 Å². The molecule has 0 N–H and O–H groups in total. The third kappa shape index (κ3) is 3.67. The summed E-state index contributed by atoms with van der Waals surface area (Å²) in [5.74, 6) is 0.887. The van der Waals surface area contributed by atoms with Crippen LogP contribution in [-0.2, 0) is 4.74 Å². The van der Waals surface area contributed by atoms with Crippen LogP contribution in [0.3, 0.4) is 0 Å². The molecule has 0 saturated carbocycles. The van der Waals surface area contributed by atoms with E-state index in [1.54, 1.807) is 0 Å². The van der Waals surface area contributed by atoms with Crippen LogP contribution >= 0.6 is 12.2 Å². The van der Waals surface area contributed by atoms with Crippen molar-refractivity contribution in [2.75, 3.05) is 19.7 Å². The number of thiocarbonyl (C=S) groups is 1. The smallest absolute Gasteiger partial charge is 0.119 e. The predicted octanol–water partition coefficient (Wildman–Crippen LogP) is 2.87. The van der Waals surface area contributed by atoms with Gasteiger partial charge in [0.05, 0.1) is 18.8 Å². The summed E-state index contributed by atoms with van der Waals surface area (Å²) < 4.78 is 11.2. The molecule has 1 aromatic carbocycles. The molecule has 2 atom stereocenters. The normalized spacial score (nSPS) is 23.2. The van der Waals surface area contributed by atoms with Crippen LogP contribution in [0.1, 0.15) is 26.3 Å². The highest BCUT2D eigenvalue weighted by atomic mass is 32.1. The minimum atomic E-state index is 0.226. The van der Waals surface area contributed by atoms with Crippen molar-refractivity contribution in [3.8, 4) is 5.75 Å². The molecule has 0 spiro atoms. The monoisotopic (exact) mass is 279 g/mol. The highest BCUT2D eigenvalue weighted by molar-refractivity contribution is 7.80. The summed E-state index contributed by atoms with van der Waals surface area (Å²) in [6.07, 6.45) is 0.453. The minimum Gasteiger partial charge on any atom is -0.494 e. The van der Waals surface area contributed by atoms with Crippen LogP contribution in [0.2, 0.25) is 0 Å². The topological polar surface area (TPSA) is 21.7 Å². The average Bonchev–Trinajstić information content (AvgIpc) is 2.38. The molecule has 2 rings (SSSR count). The van der Waals surface area contributed by atoms with Crippen molar-refractivity contribution < 1.29 is 9.47 Å². The standard InChI is InChI=1S/C15H21NO2S/c1-4-17-14-7-5-13(6-8-14)15(19)16-9-11(2)18-12(3)10-16/h5-8,11-12H,4,9-10H2,1-3H3/t11-,12+. The quantitative estimate of drug-likeness (QED) is 0.793. The van der Waals surface area contributed by atoms with Crippen LogP contribution in [0.15, 0.2) is 24.3 Å². The summed E-state index contributed by atoms with van der Waals surface area (Å²) in [4.78, 5) is 3.12. The number of hydrogen-bond acceptors (Lipinski definition) is 3. The van der Waals surface area contributed by atoms with Gasteiger partial charge in [-0.1, -0.05) is 12.2 Å². The van der Waals surface area contributed by atoms with E-state index in [2.05, 4.69) is 18.7 Å². The summed E-state index contributed by atoms with van der Waals surface area (Å²) in [6, 6.07) is 7.99. The maximum Gasteiger partial charge on any atom is 0.119 e. The molecule has 0 aliphatic carbocycles. The van der Waals surface area contributed by atoms with Crippen molar-refractivity contribution in [1.29, 1.82) is 0 Å². The van der Waals surface area contributed by atoms with Gasteiger partial charge in [0.1, 0.15) is 10.7 Å². The van der Waals surface area contributed by atoms with Crippen molar-refractivity contribution in [1.82, 2.24) is 4.90 Å². The highest BCUT2D eigenvalue weighted by Crippen LogP contribution is 2.18. The first-order valence-corrected chi connectivity index (χ1v) is 7.18. The summed E-state index contributed by atoms with van der Waals surface area (Å²) in [5.41, 5.74) is 1.07. The second kappa shape index (κ2) is 6.35. The molecule has 4 heteroatoms. The van der Waals surface area contributed by atoms with E-state index < -0.39 is 0 Å².